The fraction of sp³-hybridized carbons (Fsp3) is 0. The summed E-state index contributed by atoms with van der Waals surface area (Å²) < 4.78 is 0. The molecular weight excluding hydrogens is 167 g/mol. The third kappa shape index (κ3) is 5.28. The zero-order valence-electron chi connectivity index (χ0n) is 5.56. The molecule has 2 amide bonds. The highest BCUT2D eigenvalue weighted by atomic mass is 32.1. The lowest BCUT2D eigenvalue weighted by Crippen LogP contribution is -2.26. The van der Waals surface area contributed by atoms with Gasteiger partial charge in [0.05, 0.1) is 11.8 Å². The molecule has 6 nitrogen and oxygen atoms in total. The highest BCUT2D eigenvalue weighted by Crippen LogP contribution is 1.74. The number of oxime groups is 1. The Kier molecular flexibility index (Phi) is 5.00. The fourth-order valence-electron chi connectivity index (χ4n) is 0.299. The molecule has 0 aliphatic heterocycles. The lowest BCUT2D eigenvalue weighted by atomic mass is 10.0. The van der Waals surface area contributed by atoms with Crippen LogP contribution in [0.4, 0.5) is 4.79 Å². The second-order valence-corrected chi connectivity index (χ2v) is 1.80. The van der Waals surface area contributed by atoms with Gasteiger partial charge in [0, 0.05) is 0 Å². The first kappa shape index (κ1) is 9.82. The molecule has 0 unspecified atom stereocenters. The molecule has 0 aromatic carbocycles. The number of carbonyl (C=O) groups excluding carboxylic acids is 1. The van der Waals surface area contributed by atoms with Gasteiger partial charge < -0.3 is 10.9 Å². The van der Waals surface area contributed by atoms with E-state index in [0.717, 1.165) is 6.21 Å². The molecule has 4 N–H and O–H groups in total. The number of hydrogen-bond donors (Lipinski definition) is 4. The summed E-state index contributed by atoms with van der Waals surface area (Å²) in [4.78, 5) is 10.1. The van der Waals surface area contributed by atoms with E-state index in [0.29, 0.717) is 5.61 Å². The molecule has 0 heterocycles. The minimum Gasteiger partial charge on any atom is -0.411 e. The summed E-state index contributed by atoms with van der Waals surface area (Å²) in [6, 6.07) is -0.782. The molecule has 11 heavy (non-hydrogen) atoms. The Morgan fingerprint density at radius 2 is 2.45 bits per heavy atom. The molecule has 0 fully saturated rings. The standard InChI is InChI=1S/C3H7BN4O2S/c5-3(9)8-7-2(4-11)1-6-10/h1,4,10-11H,(H3,5,8,9)/b6-1+,7-2+. The number of nitrogens with zero attached hydrogens (tertiary/aromatic N) is 2. The second-order valence-electron chi connectivity index (χ2n) is 1.48. The number of carbonyl (C=O) groups is 1. The van der Waals surface area contributed by atoms with Crippen molar-refractivity contribution in [3.05, 3.63) is 0 Å². The molecular formula is C3H7BN4O2S. The van der Waals surface area contributed by atoms with Crippen LogP contribution in [0.15, 0.2) is 10.3 Å². The molecule has 0 saturated carbocycles. The highest BCUT2D eigenvalue weighted by molar-refractivity contribution is 8.10. The number of primary amides is 1. The van der Waals surface area contributed by atoms with Crippen LogP contribution in [0.3, 0.4) is 0 Å². The van der Waals surface area contributed by atoms with Crippen LogP contribution in [0.5, 0.6) is 0 Å². The maximum Gasteiger partial charge on any atom is 0.332 e. The van der Waals surface area contributed by atoms with Crippen molar-refractivity contribution in [2.75, 3.05) is 0 Å². The van der Waals surface area contributed by atoms with E-state index in [1.807, 2.05) is 5.43 Å². The summed E-state index contributed by atoms with van der Waals surface area (Å²) in [5.74, 6) is 0. The second kappa shape index (κ2) is 5.60. The lowest BCUT2D eigenvalue weighted by molar-refractivity contribution is 0.249. The van der Waals surface area contributed by atoms with Crippen LogP contribution in [0.1, 0.15) is 0 Å². The number of thiol groups is 1. The lowest BCUT2D eigenvalue weighted by Gasteiger charge is -1.93. The molecule has 0 bridgehead atoms. The van der Waals surface area contributed by atoms with Crippen molar-refractivity contribution < 1.29 is 10.0 Å². The van der Waals surface area contributed by atoms with Crippen LogP contribution >= 0.6 is 12.5 Å². The van der Waals surface area contributed by atoms with Crippen molar-refractivity contribution in [3.8, 4) is 0 Å². The predicted molar refractivity (Wildman–Crippen MR) is 46.6 cm³/mol. The van der Waals surface area contributed by atoms with Crippen molar-refractivity contribution >= 4 is 36.9 Å². The Bertz CT molecular complexity index is 194. The third-order valence-electron chi connectivity index (χ3n) is 0.678. The smallest absolute Gasteiger partial charge is 0.332 e. The van der Waals surface area contributed by atoms with E-state index >= 15 is 0 Å². The molecule has 0 radical (unpaired) electrons. The Balaban J connectivity index is 4.01. The summed E-state index contributed by atoms with van der Waals surface area (Å²) in [7, 11) is 0. The molecule has 60 valence electrons. The zero-order valence-corrected chi connectivity index (χ0v) is 6.45. The van der Waals surface area contributed by atoms with Gasteiger partial charge in [0.2, 0.25) is 6.56 Å². The number of nitrogens with one attached hydrogen (secondary N) is 1. The minimum absolute atomic E-state index is 0.240. The van der Waals surface area contributed by atoms with Crippen LogP contribution in [-0.2, 0) is 0 Å². The summed E-state index contributed by atoms with van der Waals surface area (Å²) in [5, 5.41) is 14.2. The van der Waals surface area contributed by atoms with E-state index < -0.39 is 6.03 Å². The normalized spacial score (nSPS) is 11.5. The maximum atomic E-state index is 10.1. The first-order valence-electron chi connectivity index (χ1n) is 2.61. The van der Waals surface area contributed by atoms with E-state index in [-0.39, 0.29) is 6.56 Å². The van der Waals surface area contributed by atoms with Crippen LogP contribution < -0.4 is 11.2 Å². The third-order valence-corrected chi connectivity index (χ3v) is 1.00. The van der Waals surface area contributed by atoms with Gasteiger partial charge in [-0.3, -0.25) is 0 Å². The Labute approximate surface area is 69.1 Å². The number of urea groups is 1. The largest absolute Gasteiger partial charge is 0.411 e. The maximum absolute atomic E-state index is 10.1. The van der Waals surface area contributed by atoms with Crippen molar-refractivity contribution in [2.45, 2.75) is 0 Å². The van der Waals surface area contributed by atoms with Gasteiger partial charge in [-0.25, -0.2) is 22.7 Å². The van der Waals surface area contributed by atoms with Gasteiger partial charge in [-0.05, 0) is 0 Å². The SMILES string of the molecule is NC(=O)N/N=C(BS)\C=N\O. The van der Waals surface area contributed by atoms with Crippen molar-refractivity contribution in [2.24, 2.45) is 16.0 Å². The number of hydrazone groups is 1. The van der Waals surface area contributed by atoms with Gasteiger partial charge >= 0.3 is 6.03 Å². The Morgan fingerprint density at radius 1 is 1.82 bits per heavy atom. The van der Waals surface area contributed by atoms with Gasteiger partial charge in [-0.2, -0.15) is 5.10 Å². The van der Waals surface area contributed by atoms with Crippen molar-refractivity contribution in [1.82, 2.24) is 5.43 Å². The van der Waals surface area contributed by atoms with Gasteiger partial charge in [0.1, 0.15) is 0 Å². The monoisotopic (exact) mass is 174 g/mol. The van der Waals surface area contributed by atoms with Crippen molar-refractivity contribution in [1.29, 1.82) is 0 Å². The summed E-state index contributed by atoms with van der Waals surface area (Å²) in [6.07, 6.45) is 1.04. The molecule has 0 atom stereocenters. The average Bonchev–Trinajstić information content (AvgIpc) is 1.97. The summed E-state index contributed by atoms with van der Waals surface area (Å²) in [6.45, 7) is 0.240. The van der Waals surface area contributed by atoms with Crippen LogP contribution in [0, 0.1) is 0 Å². The number of amides is 2. The number of nitrogens with two attached hydrogens (primary N) is 1. The summed E-state index contributed by atoms with van der Waals surface area (Å²) >= 11 is 3.83. The quantitative estimate of drug-likeness (QED) is 0.141. The Hall–Kier alpha value is -1.18. The fourth-order valence-corrected chi connectivity index (χ4v) is 0.451. The van der Waals surface area contributed by atoms with Crippen LogP contribution in [0.25, 0.3) is 0 Å². The molecule has 0 aromatic heterocycles. The number of hydrogen-bond acceptors (Lipinski definition) is 5. The van der Waals surface area contributed by atoms with E-state index in [2.05, 4.69) is 22.7 Å². The van der Waals surface area contributed by atoms with Gasteiger partial charge in [-0.15, -0.1) is 0 Å². The van der Waals surface area contributed by atoms with Gasteiger partial charge in [-0.1, -0.05) is 5.16 Å². The van der Waals surface area contributed by atoms with E-state index in [1.54, 1.807) is 0 Å². The van der Waals surface area contributed by atoms with Crippen molar-refractivity contribution in [3.63, 3.8) is 0 Å². The van der Waals surface area contributed by atoms with E-state index in [4.69, 9.17) is 10.9 Å². The molecule has 0 rings (SSSR count). The van der Waals surface area contributed by atoms with Gasteiger partial charge in [0.25, 0.3) is 0 Å². The minimum atomic E-state index is -0.782. The molecule has 0 aromatic rings. The molecule has 8 heteroatoms. The average molecular weight is 174 g/mol. The first-order valence-corrected chi connectivity index (χ1v) is 3.24. The topological polar surface area (TPSA) is 100 Å². The number of rotatable bonds is 3. The predicted octanol–water partition coefficient (Wildman–Crippen LogP) is -1.29. The molecule has 0 aliphatic rings. The molecule has 0 aliphatic carbocycles. The highest BCUT2D eigenvalue weighted by Gasteiger charge is 1.94. The van der Waals surface area contributed by atoms with Crippen LogP contribution in [0.2, 0.25) is 0 Å². The zero-order chi connectivity index (χ0) is 8.69. The summed E-state index contributed by atoms with van der Waals surface area (Å²) in [5.41, 5.74) is 6.96. The molecule has 0 saturated heterocycles. The van der Waals surface area contributed by atoms with E-state index in [1.165, 1.54) is 0 Å². The first-order chi connectivity index (χ1) is 5.20. The Morgan fingerprint density at radius 3 is 2.82 bits per heavy atom. The van der Waals surface area contributed by atoms with Gasteiger partial charge in [0.15, 0.2) is 0 Å². The van der Waals surface area contributed by atoms with E-state index in [9.17, 15) is 4.79 Å². The van der Waals surface area contributed by atoms with Crippen LogP contribution in [-0.4, -0.2) is 29.6 Å². The molecule has 0 spiro atoms.